The van der Waals surface area contributed by atoms with Gasteiger partial charge in [0.25, 0.3) is 0 Å². The summed E-state index contributed by atoms with van der Waals surface area (Å²) in [6.45, 7) is 9.99. The Morgan fingerprint density at radius 3 is 2.62 bits per heavy atom. The van der Waals surface area contributed by atoms with Gasteiger partial charge in [-0.1, -0.05) is 30.3 Å². The largest absolute Gasteiger partial charge is 0.492 e. The predicted molar refractivity (Wildman–Crippen MR) is 104 cm³/mol. The zero-order valence-electron chi connectivity index (χ0n) is 15.1. The lowest BCUT2D eigenvalue weighted by Crippen LogP contribution is -2.27. The van der Waals surface area contributed by atoms with E-state index in [2.05, 4.69) is 75.1 Å². The van der Waals surface area contributed by atoms with Gasteiger partial charge in [0.05, 0.1) is 6.61 Å². The van der Waals surface area contributed by atoms with E-state index in [1.165, 1.54) is 27.8 Å². The van der Waals surface area contributed by atoms with Gasteiger partial charge in [0.15, 0.2) is 8.32 Å². The van der Waals surface area contributed by atoms with E-state index < -0.39 is 8.32 Å². The summed E-state index contributed by atoms with van der Waals surface area (Å²) in [6, 6.07) is 8.58. The van der Waals surface area contributed by atoms with Gasteiger partial charge < -0.3 is 9.16 Å². The van der Waals surface area contributed by atoms with Gasteiger partial charge in [0.1, 0.15) is 12.4 Å². The molecular weight excluding hydrogens is 312 g/mol. The van der Waals surface area contributed by atoms with Crippen molar-refractivity contribution in [2.75, 3.05) is 13.2 Å². The van der Waals surface area contributed by atoms with Crippen LogP contribution in [0.25, 0.3) is 11.6 Å². The van der Waals surface area contributed by atoms with E-state index in [1.54, 1.807) is 0 Å². The van der Waals surface area contributed by atoms with Crippen LogP contribution in [-0.2, 0) is 9.16 Å². The van der Waals surface area contributed by atoms with Crippen LogP contribution in [0.15, 0.2) is 59.4 Å². The van der Waals surface area contributed by atoms with Gasteiger partial charge in [-0.3, -0.25) is 0 Å². The van der Waals surface area contributed by atoms with Crippen LogP contribution >= 0.6 is 0 Å². The number of rotatable bonds is 6. The molecule has 0 aliphatic heterocycles. The Labute approximate surface area is 146 Å². The third kappa shape index (κ3) is 3.79. The lowest BCUT2D eigenvalue weighted by Gasteiger charge is -2.17. The molecule has 0 unspecified atom stereocenters. The fourth-order valence-electron chi connectivity index (χ4n) is 3.12. The van der Waals surface area contributed by atoms with Gasteiger partial charge in [-0.15, -0.1) is 0 Å². The van der Waals surface area contributed by atoms with E-state index in [-0.39, 0.29) is 0 Å². The first kappa shape index (κ1) is 17.0. The molecule has 0 amide bonds. The molecule has 0 radical (unpaired) electrons. The molecule has 1 aromatic rings. The Balaban J connectivity index is 1.64. The molecule has 3 rings (SSSR count). The first-order valence-corrected chi connectivity index (χ1v) is 12.0. The maximum Gasteiger partial charge on any atom is 0.183 e. The van der Waals surface area contributed by atoms with E-state index in [9.17, 15) is 0 Å². The Kier molecular flexibility index (Phi) is 4.92. The number of ether oxygens (including phenoxy) is 1. The van der Waals surface area contributed by atoms with Crippen molar-refractivity contribution in [3.8, 4) is 0 Å². The minimum Gasteiger partial charge on any atom is -0.492 e. The van der Waals surface area contributed by atoms with Crippen LogP contribution in [0.1, 0.15) is 24.5 Å². The summed E-state index contributed by atoms with van der Waals surface area (Å²) < 4.78 is 11.7. The summed E-state index contributed by atoms with van der Waals surface area (Å²) in [5.74, 6) is 0.969. The van der Waals surface area contributed by atoms with Gasteiger partial charge in [0.2, 0.25) is 0 Å². The molecular formula is C21H26O2Si. The zero-order chi connectivity index (χ0) is 17.2. The Bertz CT molecular complexity index is 745. The maximum absolute atomic E-state index is 5.87. The summed E-state index contributed by atoms with van der Waals surface area (Å²) in [5, 5.41) is 0. The maximum atomic E-state index is 5.87. The van der Waals surface area contributed by atoms with Crippen LogP contribution < -0.4 is 0 Å². The topological polar surface area (TPSA) is 18.5 Å². The summed E-state index contributed by atoms with van der Waals surface area (Å²) >= 11 is 0. The molecule has 0 spiro atoms. The van der Waals surface area contributed by atoms with E-state index in [0.29, 0.717) is 13.2 Å². The van der Waals surface area contributed by atoms with Crippen molar-refractivity contribution in [3.63, 3.8) is 0 Å². The monoisotopic (exact) mass is 338 g/mol. The van der Waals surface area contributed by atoms with Crippen LogP contribution in [0.5, 0.6) is 0 Å². The highest BCUT2D eigenvalue weighted by atomic mass is 28.4. The van der Waals surface area contributed by atoms with Gasteiger partial charge in [-0.05, 0) is 79.1 Å². The second-order valence-electron chi connectivity index (χ2n) is 7.14. The molecule has 2 aliphatic carbocycles. The molecule has 24 heavy (non-hydrogen) atoms. The SMILES string of the molecule is CC=C1C(C2=CC(OCCO[Si](C)(C)C)=CC2)=Cc2ccccc21. The van der Waals surface area contributed by atoms with Crippen molar-refractivity contribution in [2.45, 2.75) is 33.0 Å². The highest BCUT2D eigenvalue weighted by molar-refractivity contribution is 6.69. The van der Waals surface area contributed by atoms with Gasteiger partial charge >= 0.3 is 0 Å². The van der Waals surface area contributed by atoms with Gasteiger partial charge in [0, 0.05) is 0 Å². The van der Waals surface area contributed by atoms with Crippen LogP contribution in [-0.4, -0.2) is 21.5 Å². The number of hydrogen-bond donors (Lipinski definition) is 0. The predicted octanol–water partition coefficient (Wildman–Crippen LogP) is 5.57. The normalized spacial score (nSPS) is 18.3. The third-order valence-corrected chi connectivity index (χ3v) is 5.27. The summed E-state index contributed by atoms with van der Waals surface area (Å²) in [7, 11) is -1.45. The molecule has 0 heterocycles. The Morgan fingerprint density at radius 1 is 1.08 bits per heavy atom. The first-order chi connectivity index (χ1) is 11.5. The van der Waals surface area contributed by atoms with Crippen LogP contribution in [0.2, 0.25) is 19.6 Å². The number of allylic oxidation sites excluding steroid dienone is 6. The lowest BCUT2D eigenvalue weighted by atomic mass is 9.97. The molecule has 0 bridgehead atoms. The highest BCUT2D eigenvalue weighted by Gasteiger charge is 2.22. The van der Waals surface area contributed by atoms with Crippen molar-refractivity contribution in [1.82, 2.24) is 0 Å². The Morgan fingerprint density at radius 2 is 1.88 bits per heavy atom. The van der Waals surface area contributed by atoms with Gasteiger partial charge in [-0.2, -0.15) is 0 Å². The van der Waals surface area contributed by atoms with E-state index in [4.69, 9.17) is 9.16 Å². The third-order valence-electron chi connectivity index (χ3n) is 4.20. The van der Waals surface area contributed by atoms with E-state index in [1.807, 2.05) is 0 Å². The van der Waals surface area contributed by atoms with E-state index in [0.717, 1.165) is 12.2 Å². The van der Waals surface area contributed by atoms with Crippen molar-refractivity contribution >= 4 is 20.0 Å². The fourth-order valence-corrected chi connectivity index (χ4v) is 3.81. The van der Waals surface area contributed by atoms with Crippen LogP contribution in [0, 0.1) is 0 Å². The summed E-state index contributed by atoms with van der Waals surface area (Å²) in [6.07, 6.45) is 9.78. The standard InChI is InChI=1S/C21H26O2Si/c1-5-19-20-9-7-6-8-16(20)15-21(19)17-10-11-18(14-17)22-12-13-23-24(2,3)4/h5-9,11,14-15H,10,12-13H2,1-4H3. The average Bonchev–Trinajstić information content (AvgIpc) is 3.14. The van der Waals surface area contributed by atoms with Crippen molar-refractivity contribution in [2.24, 2.45) is 0 Å². The number of hydrogen-bond acceptors (Lipinski definition) is 2. The smallest absolute Gasteiger partial charge is 0.183 e. The second-order valence-corrected chi connectivity index (χ2v) is 11.7. The minimum absolute atomic E-state index is 0.621. The molecule has 0 fully saturated rings. The molecule has 126 valence electrons. The lowest BCUT2D eigenvalue weighted by molar-refractivity contribution is 0.161. The molecule has 2 nitrogen and oxygen atoms in total. The first-order valence-electron chi connectivity index (χ1n) is 8.63. The number of benzene rings is 1. The second kappa shape index (κ2) is 6.95. The zero-order valence-corrected chi connectivity index (χ0v) is 16.1. The molecule has 0 atom stereocenters. The van der Waals surface area contributed by atoms with Crippen LogP contribution in [0.3, 0.4) is 0 Å². The van der Waals surface area contributed by atoms with Gasteiger partial charge in [-0.25, -0.2) is 0 Å². The quantitative estimate of drug-likeness (QED) is 0.499. The minimum atomic E-state index is -1.45. The molecule has 0 saturated heterocycles. The van der Waals surface area contributed by atoms with Crippen molar-refractivity contribution < 1.29 is 9.16 Å². The number of fused-ring (bicyclic) bond motifs is 1. The Hall–Kier alpha value is -1.84. The molecule has 3 heteroatoms. The molecule has 0 saturated carbocycles. The van der Waals surface area contributed by atoms with Crippen LogP contribution in [0.4, 0.5) is 0 Å². The van der Waals surface area contributed by atoms with Crippen molar-refractivity contribution in [3.05, 3.63) is 70.5 Å². The molecule has 1 aromatic carbocycles. The average molecular weight is 339 g/mol. The molecule has 0 N–H and O–H groups in total. The molecule has 0 aromatic heterocycles. The van der Waals surface area contributed by atoms with E-state index >= 15 is 0 Å². The summed E-state index contributed by atoms with van der Waals surface area (Å²) in [5.41, 5.74) is 6.62. The van der Waals surface area contributed by atoms with Crippen molar-refractivity contribution in [1.29, 1.82) is 0 Å². The molecule has 2 aliphatic rings. The fraction of sp³-hybridized carbons (Fsp3) is 0.333. The summed E-state index contributed by atoms with van der Waals surface area (Å²) in [4.78, 5) is 0. The highest BCUT2D eigenvalue weighted by Crippen LogP contribution is 2.41.